The fourth-order valence-electron chi connectivity index (χ4n) is 3.16. The minimum absolute atomic E-state index is 0.0506. The number of carbonyl (C=O) groups is 2. The molecule has 0 bridgehead atoms. The summed E-state index contributed by atoms with van der Waals surface area (Å²) in [5.41, 5.74) is 1.76. The van der Waals surface area contributed by atoms with E-state index in [2.05, 4.69) is 24.1 Å². The molecule has 0 aliphatic heterocycles. The molecule has 1 aromatic carbocycles. The van der Waals surface area contributed by atoms with Gasteiger partial charge in [0.1, 0.15) is 0 Å². The van der Waals surface area contributed by atoms with Gasteiger partial charge in [0.2, 0.25) is 0 Å². The van der Waals surface area contributed by atoms with Crippen molar-refractivity contribution in [2.24, 2.45) is 5.92 Å². The molecule has 5 nitrogen and oxygen atoms in total. The number of aliphatic carboxylic acids is 1. The average Bonchev–Trinajstić information content (AvgIpc) is 2.54. The van der Waals surface area contributed by atoms with Crippen LogP contribution in [-0.4, -0.2) is 41.0 Å². The van der Waals surface area contributed by atoms with Crippen LogP contribution in [0.3, 0.4) is 0 Å². The van der Waals surface area contributed by atoms with Crippen molar-refractivity contribution in [3.05, 3.63) is 35.4 Å². The molecular formula is C21H34N2O3. The number of rotatable bonds is 12. The Morgan fingerprint density at radius 3 is 2.12 bits per heavy atom. The highest BCUT2D eigenvalue weighted by molar-refractivity contribution is 5.94. The Balaban J connectivity index is 2.70. The van der Waals surface area contributed by atoms with Crippen molar-refractivity contribution in [1.82, 2.24) is 10.2 Å². The van der Waals surface area contributed by atoms with E-state index in [4.69, 9.17) is 5.11 Å². The van der Waals surface area contributed by atoms with E-state index in [1.807, 2.05) is 38.1 Å². The van der Waals surface area contributed by atoms with Gasteiger partial charge in [0.05, 0.1) is 6.42 Å². The first-order valence-electron chi connectivity index (χ1n) is 9.69. The van der Waals surface area contributed by atoms with Crippen LogP contribution in [0.25, 0.3) is 0 Å². The van der Waals surface area contributed by atoms with Gasteiger partial charge in [-0.05, 0) is 56.0 Å². The second-order valence-corrected chi connectivity index (χ2v) is 7.37. The Morgan fingerprint density at radius 2 is 1.65 bits per heavy atom. The Kier molecular flexibility index (Phi) is 9.96. The first-order chi connectivity index (χ1) is 12.3. The van der Waals surface area contributed by atoms with E-state index in [-0.39, 0.29) is 18.4 Å². The predicted octanol–water partition coefficient (Wildman–Crippen LogP) is 3.93. The summed E-state index contributed by atoms with van der Waals surface area (Å²) in [5.74, 6) is -0.772. The predicted molar refractivity (Wildman–Crippen MR) is 105 cm³/mol. The molecule has 0 unspecified atom stereocenters. The van der Waals surface area contributed by atoms with E-state index in [9.17, 15) is 9.59 Å². The molecule has 2 N–H and O–H groups in total. The molecule has 0 radical (unpaired) electrons. The first-order valence-corrected chi connectivity index (χ1v) is 9.69. The lowest BCUT2D eigenvalue weighted by Gasteiger charge is -2.21. The van der Waals surface area contributed by atoms with E-state index in [1.54, 1.807) is 0 Å². The topological polar surface area (TPSA) is 69.6 Å². The maximum atomic E-state index is 12.4. The molecule has 0 saturated carbocycles. The van der Waals surface area contributed by atoms with Crippen molar-refractivity contribution in [2.75, 3.05) is 13.1 Å². The zero-order valence-electron chi connectivity index (χ0n) is 16.6. The van der Waals surface area contributed by atoms with Gasteiger partial charge in [-0.2, -0.15) is 0 Å². The summed E-state index contributed by atoms with van der Waals surface area (Å²) in [6.45, 7) is 11.4. The van der Waals surface area contributed by atoms with E-state index >= 15 is 0 Å². The summed E-state index contributed by atoms with van der Waals surface area (Å²) >= 11 is 0. The molecule has 26 heavy (non-hydrogen) atoms. The van der Waals surface area contributed by atoms with Crippen LogP contribution in [0.2, 0.25) is 0 Å². The SMILES string of the molecule is CCCN(CCC)Cc1ccc(C(=O)N[C@@H](CC(=O)O)CC(C)C)cc1. The quantitative estimate of drug-likeness (QED) is 0.591. The summed E-state index contributed by atoms with van der Waals surface area (Å²) in [4.78, 5) is 25.9. The standard InChI is InChI=1S/C21H34N2O3/c1-5-11-23(12-6-2)15-17-7-9-18(10-8-17)21(26)22-19(13-16(3)4)14-20(24)25/h7-10,16,19H,5-6,11-15H2,1-4H3,(H,22,26)(H,24,25)/t19-/m1/s1. The third-order valence-electron chi connectivity index (χ3n) is 4.21. The number of carboxylic acids is 1. The van der Waals surface area contributed by atoms with E-state index in [0.717, 1.165) is 32.5 Å². The maximum Gasteiger partial charge on any atom is 0.305 e. The number of nitrogens with one attached hydrogen (secondary N) is 1. The molecular weight excluding hydrogens is 328 g/mol. The second-order valence-electron chi connectivity index (χ2n) is 7.37. The molecule has 1 aromatic rings. The third-order valence-corrected chi connectivity index (χ3v) is 4.21. The van der Waals surface area contributed by atoms with Crippen molar-refractivity contribution in [1.29, 1.82) is 0 Å². The number of carbonyl (C=O) groups excluding carboxylic acids is 1. The van der Waals surface area contributed by atoms with Gasteiger partial charge in [-0.25, -0.2) is 0 Å². The minimum atomic E-state index is -0.891. The van der Waals surface area contributed by atoms with E-state index < -0.39 is 5.97 Å². The van der Waals surface area contributed by atoms with Crippen LogP contribution in [0.1, 0.15) is 69.3 Å². The normalized spacial score (nSPS) is 12.4. The lowest BCUT2D eigenvalue weighted by molar-refractivity contribution is -0.137. The molecule has 1 amide bonds. The van der Waals surface area contributed by atoms with Crippen LogP contribution in [0.5, 0.6) is 0 Å². The zero-order valence-corrected chi connectivity index (χ0v) is 16.6. The summed E-state index contributed by atoms with van der Waals surface area (Å²) < 4.78 is 0. The van der Waals surface area contributed by atoms with Crippen molar-refractivity contribution in [3.63, 3.8) is 0 Å². The van der Waals surface area contributed by atoms with Gasteiger partial charge in [-0.3, -0.25) is 14.5 Å². The first kappa shape index (κ1) is 22.2. The van der Waals surface area contributed by atoms with Gasteiger partial charge in [0, 0.05) is 18.2 Å². The van der Waals surface area contributed by atoms with E-state index in [1.165, 1.54) is 5.56 Å². The minimum Gasteiger partial charge on any atom is -0.481 e. The van der Waals surface area contributed by atoms with Crippen molar-refractivity contribution >= 4 is 11.9 Å². The molecule has 0 aromatic heterocycles. The third kappa shape index (κ3) is 8.48. The molecule has 5 heteroatoms. The van der Waals surface area contributed by atoms with Gasteiger partial charge >= 0.3 is 5.97 Å². The van der Waals surface area contributed by atoms with Crippen LogP contribution < -0.4 is 5.32 Å². The molecule has 0 aliphatic carbocycles. The van der Waals surface area contributed by atoms with Crippen LogP contribution in [-0.2, 0) is 11.3 Å². The molecule has 1 atom stereocenters. The fourth-order valence-corrected chi connectivity index (χ4v) is 3.16. The van der Waals surface area contributed by atoms with Crippen LogP contribution in [0, 0.1) is 5.92 Å². The van der Waals surface area contributed by atoms with Gasteiger partial charge in [0.25, 0.3) is 5.91 Å². The van der Waals surface area contributed by atoms with Crippen LogP contribution >= 0.6 is 0 Å². The number of hydrogen-bond acceptors (Lipinski definition) is 3. The molecule has 0 spiro atoms. The summed E-state index contributed by atoms with van der Waals surface area (Å²) in [5, 5.41) is 11.9. The van der Waals surface area contributed by atoms with Gasteiger partial charge in [0.15, 0.2) is 0 Å². The smallest absolute Gasteiger partial charge is 0.305 e. The van der Waals surface area contributed by atoms with Gasteiger partial charge < -0.3 is 10.4 Å². The average molecular weight is 363 g/mol. The van der Waals surface area contributed by atoms with Gasteiger partial charge in [-0.15, -0.1) is 0 Å². The fraction of sp³-hybridized carbons (Fsp3) is 0.619. The van der Waals surface area contributed by atoms with Crippen molar-refractivity contribution in [2.45, 2.75) is 66.0 Å². The summed E-state index contributed by atoms with van der Waals surface area (Å²) in [7, 11) is 0. The van der Waals surface area contributed by atoms with Crippen LogP contribution in [0.15, 0.2) is 24.3 Å². The highest BCUT2D eigenvalue weighted by Crippen LogP contribution is 2.12. The van der Waals surface area contributed by atoms with E-state index in [0.29, 0.717) is 17.9 Å². The Morgan fingerprint density at radius 1 is 1.08 bits per heavy atom. The lowest BCUT2D eigenvalue weighted by atomic mass is 10.0. The molecule has 0 fully saturated rings. The number of nitrogens with zero attached hydrogens (tertiary/aromatic N) is 1. The highest BCUT2D eigenvalue weighted by atomic mass is 16.4. The number of carboxylic acid groups (broad SMARTS) is 1. The maximum absolute atomic E-state index is 12.4. The van der Waals surface area contributed by atoms with Crippen molar-refractivity contribution in [3.8, 4) is 0 Å². The number of hydrogen-bond donors (Lipinski definition) is 2. The Hall–Kier alpha value is -1.88. The second kappa shape index (κ2) is 11.7. The summed E-state index contributed by atoms with van der Waals surface area (Å²) in [6.07, 6.45) is 2.85. The number of amides is 1. The Bertz CT molecular complexity index is 549. The highest BCUT2D eigenvalue weighted by Gasteiger charge is 2.18. The lowest BCUT2D eigenvalue weighted by Crippen LogP contribution is -2.37. The Labute approximate surface area is 157 Å². The zero-order chi connectivity index (χ0) is 19.5. The molecule has 1 rings (SSSR count). The largest absolute Gasteiger partial charge is 0.481 e. The molecule has 0 saturated heterocycles. The molecule has 146 valence electrons. The van der Waals surface area contributed by atoms with Crippen molar-refractivity contribution < 1.29 is 14.7 Å². The monoisotopic (exact) mass is 362 g/mol. The van der Waals surface area contributed by atoms with Crippen LogP contribution in [0.4, 0.5) is 0 Å². The molecule has 0 aliphatic rings. The summed E-state index contributed by atoms with van der Waals surface area (Å²) in [6, 6.07) is 7.29. The number of benzene rings is 1. The molecule has 0 heterocycles. The van der Waals surface area contributed by atoms with Gasteiger partial charge in [-0.1, -0.05) is 39.8 Å².